The highest BCUT2D eigenvalue weighted by Crippen LogP contribution is 2.19. The molecule has 9 heteroatoms. The maximum Gasteiger partial charge on any atom is 0.270 e. The number of rotatable bonds is 2. The van der Waals surface area contributed by atoms with Crippen molar-refractivity contribution in [3.05, 3.63) is 47.8 Å². The lowest BCUT2D eigenvalue weighted by molar-refractivity contribution is 0.608. The Morgan fingerprint density at radius 1 is 0.789 bits per heavy atom. The lowest BCUT2D eigenvalue weighted by Crippen LogP contribution is -1.87. The van der Waals surface area contributed by atoms with Gasteiger partial charge in [-0.2, -0.15) is 0 Å². The minimum Gasteiger partial charge on any atom is -0.207 e. The van der Waals surface area contributed by atoms with Crippen molar-refractivity contribution >= 4 is 50.8 Å². The maximum absolute atomic E-state index is 10.6. The van der Waals surface area contributed by atoms with Gasteiger partial charge in [0, 0.05) is 21.4 Å². The summed E-state index contributed by atoms with van der Waals surface area (Å²) < 4.78 is 42.3. The van der Waals surface area contributed by atoms with E-state index in [1.54, 1.807) is 29.6 Å². The molecule has 0 aliphatic carbocycles. The maximum atomic E-state index is 10.6. The van der Waals surface area contributed by atoms with Crippen LogP contribution < -0.4 is 0 Å². The van der Waals surface area contributed by atoms with Crippen LogP contribution in [0.15, 0.2) is 56.9 Å². The summed E-state index contributed by atoms with van der Waals surface area (Å²) in [5, 5.41) is 1.66. The van der Waals surface area contributed by atoms with E-state index >= 15 is 0 Å². The fourth-order valence-corrected chi connectivity index (χ4v) is 3.57. The average molecular weight is 359 g/mol. The Balaban J connectivity index is 0.000000191. The predicted octanol–water partition coefficient (Wildman–Crippen LogP) is 3.29. The van der Waals surface area contributed by atoms with Gasteiger partial charge in [-0.15, -0.1) is 11.3 Å². The Morgan fingerprint density at radius 3 is 1.63 bits per heavy atom. The van der Waals surface area contributed by atoms with Crippen molar-refractivity contribution in [3.8, 4) is 0 Å². The Morgan fingerprint density at radius 2 is 1.37 bits per heavy atom. The van der Waals surface area contributed by atoms with Gasteiger partial charge in [-0.05, 0) is 23.6 Å². The molecule has 1 aromatic heterocycles. The van der Waals surface area contributed by atoms with E-state index in [1.165, 1.54) is 18.2 Å². The first-order valence-corrected chi connectivity index (χ1v) is 10.2. The van der Waals surface area contributed by atoms with E-state index in [0.717, 1.165) is 11.3 Å². The molecule has 0 unspecified atom stereocenters. The Kier molecular flexibility index (Phi) is 5.82. The molecular formula is C10H8Cl2O4S3. The van der Waals surface area contributed by atoms with Gasteiger partial charge in [-0.25, -0.2) is 16.8 Å². The number of hydrogen-bond donors (Lipinski definition) is 0. The van der Waals surface area contributed by atoms with Crippen LogP contribution in [0.3, 0.4) is 0 Å². The third kappa shape index (κ3) is 5.92. The Hall–Kier alpha value is -0.600. The van der Waals surface area contributed by atoms with E-state index in [1.807, 2.05) is 0 Å². The molecule has 1 aromatic carbocycles. The van der Waals surface area contributed by atoms with Crippen molar-refractivity contribution in [2.24, 2.45) is 0 Å². The minimum absolute atomic E-state index is 0.136. The summed E-state index contributed by atoms with van der Waals surface area (Å²) in [6.07, 6.45) is 0. The highest BCUT2D eigenvalue weighted by Gasteiger charge is 2.08. The van der Waals surface area contributed by atoms with Crippen LogP contribution in [0.1, 0.15) is 0 Å². The van der Waals surface area contributed by atoms with Gasteiger partial charge < -0.3 is 0 Å². The lowest BCUT2D eigenvalue weighted by Gasteiger charge is -1.91. The molecule has 0 aliphatic rings. The van der Waals surface area contributed by atoms with Crippen LogP contribution in [0.2, 0.25) is 0 Å². The zero-order chi connectivity index (χ0) is 14.5. The molecule has 2 rings (SSSR count). The molecular weight excluding hydrogens is 351 g/mol. The van der Waals surface area contributed by atoms with E-state index in [2.05, 4.69) is 0 Å². The molecule has 19 heavy (non-hydrogen) atoms. The molecule has 0 radical (unpaired) electrons. The van der Waals surface area contributed by atoms with Crippen molar-refractivity contribution in [3.63, 3.8) is 0 Å². The van der Waals surface area contributed by atoms with Gasteiger partial charge in [0.1, 0.15) is 4.21 Å². The molecule has 0 fully saturated rings. The lowest BCUT2D eigenvalue weighted by atomic mass is 10.4. The first kappa shape index (κ1) is 16.5. The number of hydrogen-bond acceptors (Lipinski definition) is 5. The van der Waals surface area contributed by atoms with Crippen LogP contribution in [0, 0.1) is 0 Å². The first-order valence-electron chi connectivity index (χ1n) is 4.69. The number of benzene rings is 1. The van der Waals surface area contributed by atoms with Crippen molar-refractivity contribution in [1.82, 2.24) is 0 Å². The van der Waals surface area contributed by atoms with E-state index in [9.17, 15) is 16.8 Å². The third-order valence-electron chi connectivity index (χ3n) is 1.76. The van der Waals surface area contributed by atoms with Crippen LogP contribution in [0.4, 0.5) is 0 Å². The molecule has 0 saturated carbocycles. The molecule has 0 amide bonds. The van der Waals surface area contributed by atoms with Crippen molar-refractivity contribution in [2.75, 3.05) is 0 Å². The van der Waals surface area contributed by atoms with Crippen LogP contribution in [-0.2, 0) is 18.1 Å². The first-order chi connectivity index (χ1) is 8.71. The molecule has 0 bridgehead atoms. The summed E-state index contributed by atoms with van der Waals surface area (Å²) in [6, 6.07) is 11.0. The molecule has 0 N–H and O–H groups in total. The predicted molar refractivity (Wildman–Crippen MR) is 76.8 cm³/mol. The highest BCUT2D eigenvalue weighted by atomic mass is 35.7. The fraction of sp³-hybridized carbons (Fsp3) is 0. The zero-order valence-electron chi connectivity index (χ0n) is 9.23. The second kappa shape index (κ2) is 6.71. The standard InChI is InChI=1S/C6H5ClO2S.C4H3ClO2S2/c7-10(8,9)6-4-2-1-3-5-6;5-9(6,7)4-2-1-3-8-4/h1-5H;1-3H. The van der Waals surface area contributed by atoms with Crippen LogP contribution in [0.25, 0.3) is 0 Å². The molecule has 104 valence electrons. The summed E-state index contributed by atoms with van der Waals surface area (Å²) in [5.74, 6) is 0. The van der Waals surface area contributed by atoms with E-state index in [-0.39, 0.29) is 9.10 Å². The molecule has 0 saturated heterocycles. The van der Waals surface area contributed by atoms with Gasteiger partial charge >= 0.3 is 0 Å². The van der Waals surface area contributed by atoms with Crippen molar-refractivity contribution < 1.29 is 16.8 Å². The zero-order valence-corrected chi connectivity index (χ0v) is 13.2. The van der Waals surface area contributed by atoms with Crippen LogP contribution >= 0.6 is 32.7 Å². The van der Waals surface area contributed by atoms with Gasteiger partial charge in [0.15, 0.2) is 0 Å². The quantitative estimate of drug-likeness (QED) is 0.772. The monoisotopic (exact) mass is 358 g/mol. The van der Waals surface area contributed by atoms with Gasteiger partial charge in [-0.1, -0.05) is 24.3 Å². The van der Waals surface area contributed by atoms with Crippen LogP contribution in [0.5, 0.6) is 0 Å². The highest BCUT2D eigenvalue weighted by molar-refractivity contribution is 8.15. The van der Waals surface area contributed by atoms with E-state index in [4.69, 9.17) is 21.4 Å². The summed E-state index contributed by atoms with van der Waals surface area (Å²) in [6.45, 7) is 0. The number of thiophene rings is 1. The molecule has 0 atom stereocenters. The molecule has 2 aromatic rings. The average Bonchev–Trinajstić information content (AvgIpc) is 2.83. The number of halogens is 2. The van der Waals surface area contributed by atoms with E-state index in [0.29, 0.717) is 0 Å². The Labute approximate surface area is 124 Å². The topological polar surface area (TPSA) is 68.3 Å². The minimum atomic E-state index is -3.53. The van der Waals surface area contributed by atoms with Gasteiger partial charge in [0.05, 0.1) is 4.90 Å². The normalized spacial score (nSPS) is 11.5. The molecule has 1 heterocycles. The van der Waals surface area contributed by atoms with Gasteiger partial charge in [-0.3, -0.25) is 0 Å². The summed E-state index contributed by atoms with van der Waals surface area (Å²) in [7, 11) is 3.01. The SMILES string of the molecule is O=S(=O)(Cl)c1ccccc1.O=S(=O)(Cl)c1cccs1. The molecule has 0 aliphatic heterocycles. The van der Waals surface area contributed by atoms with Gasteiger partial charge in [0.25, 0.3) is 18.1 Å². The Bertz CT molecular complexity index is 707. The third-order valence-corrected chi connectivity index (χ3v) is 6.13. The van der Waals surface area contributed by atoms with Gasteiger partial charge in [0.2, 0.25) is 0 Å². The second-order valence-electron chi connectivity index (χ2n) is 3.12. The van der Waals surface area contributed by atoms with E-state index < -0.39 is 18.1 Å². The largest absolute Gasteiger partial charge is 0.270 e. The molecule has 4 nitrogen and oxygen atoms in total. The summed E-state index contributed by atoms with van der Waals surface area (Å²) in [4.78, 5) is 0.136. The summed E-state index contributed by atoms with van der Waals surface area (Å²) in [5.41, 5.74) is 0. The fourth-order valence-electron chi connectivity index (χ4n) is 0.985. The van der Waals surface area contributed by atoms with Crippen LogP contribution in [-0.4, -0.2) is 16.8 Å². The summed E-state index contributed by atoms with van der Waals surface area (Å²) >= 11 is 1.11. The van der Waals surface area contributed by atoms with Crippen molar-refractivity contribution in [1.29, 1.82) is 0 Å². The second-order valence-corrected chi connectivity index (χ2v) is 9.43. The molecule has 0 spiro atoms. The van der Waals surface area contributed by atoms with Crippen molar-refractivity contribution in [2.45, 2.75) is 9.10 Å². The smallest absolute Gasteiger partial charge is 0.207 e.